The molecule has 0 spiro atoms. The third-order valence-corrected chi connectivity index (χ3v) is 4.58. The first-order chi connectivity index (χ1) is 11.4. The van der Waals surface area contributed by atoms with E-state index in [1.165, 1.54) is 0 Å². The molecule has 0 aromatic carbocycles. The van der Waals surface area contributed by atoms with Gasteiger partial charge in [0.2, 0.25) is 11.8 Å². The van der Waals surface area contributed by atoms with E-state index in [1.807, 2.05) is 35.4 Å². The number of carbonyl (C=O) groups excluding carboxylic acids is 2. The molecular weight excluding hydrogens is 306 g/mol. The summed E-state index contributed by atoms with van der Waals surface area (Å²) in [6, 6.07) is 2.06. The molecule has 7 nitrogen and oxygen atoms in total. The molecule has 0 unspecified atom stereocenters. The van der Waals surface area contributed by atoms with Gasteiger partial charge in [-0.25, -0.2) is 0 Å². The molecule has 0 saturated carbocycles. The molecule has 1 saturated heterocycles. The van der Waals surface area contributed by atoms with Crippen molar-refractivity contribution in [2.24, 2.45) is 11.7 Å². The molecule has 2 heterocycles. The Kier molecular flexibility index (Phi) is 6.36. The first-order valence-corrected chi connectivity index (χ1v) is 8.63. The summed E-state index contributed by atoms with van der Waals surface area (Å²) < 4.78 is 1.99. The maximum atomic E-state index is 12.6. The summed E-state index contributed by atoms with van der Waals surface area (Å²) >= 11 is 0. The maximum absolute atomic E-state index is 12.6. The van der Waals surface area contributed by atoms with Crippen LogP contribution in [0, 0.1) is 19.8 Å². The van der Waals surface area contributed by atoms with Crippen LogP contribution in [0.3, 0.4) is 0 Å². The monoisotopic (exact) mass is 335 g/mol. The van der Waals surface area contributed by atoms with Gasteiger partial charge in [0.25, 0.3) is 0 Å². The van der Waals surface area contributed by atoms with E-state index < -0.39 is 0 Å². The number of amides is 2. The molecule has 0 bridgehead atoms. The molecule has 24 heavy (non-hydrogen) atoms. The van der Waals surface area contributed by atoms with Gasteiger partial charge in [-0.2, -0.15) is 5.10 Å². The molecule has 1 aromatic rings. The highest BCUT2D eigenvalue weighted by molar-refractivity contribution is 5.79. The highest BCUT2D eigenvalue weighted by atomic mass is 16.2. The van der Waals surface area contributed by atoms with E-state index in [0.29, 0.717) is 13.1 Å². The van der Waals surface area contributed by atoms with Gasteiger partial charge in [-0.05, 0) is 45.7 Å². The summed E-state index contributed by atoms with van der Waals surface area (Å²) in [4.78, 5) is 27.5. The quantitative estimate of drug-likeness (QED) is 0.788. The number of aromatic nitrogens is 2. The summed E-state index contributed by atoms with van der Waals surface area (Å²) in [5.41, 5.74) is 7.43. The molecular formula is C17H29N5O2. The van der Waals surface area contributed by atoms with E-state index in [0.717, 1.165) is 43.7 Å². The standard InChI is InChI=1S/C17H29N5O2/c1-13-10-14(2)22(19-13)9-5-7-20(3)17(24)15-6-4-8-21(11-15)12-16(18)23/h10,15H,4-9,11-12H2,1-3H3,(H2,18,23)/t15-/m1/s1. The zero-order chi connectivity index (χ0) is 17.7. The Morgan fingerprint density at radius 3 is 2.79 bits per heavy atom. The van der Waals surface area contributed by atoms with Crippen molar-refractivity contribution in [3.05, 3.63) is 17.5 Å². The number of nitrogens with zero attached hydrogens (tertiary/aromatic N) is 4. The number of carbonyl (C=O) groups is 2. The first kappa shape index (κ1) is 18.4. The predicted molar refractivity (Wildman–Crippen MR) is 92.3 cm³/mol. The smallest absolute Gasteiger partial charge is 0.231 e. The van der Waals surface area contributed by atoms with Crippen molar-refractivity contribution in [3.63, 3.8) is 0 Å². The van der Waals surface area contributed by atoms with Gasteiger partial charge in [-0.15, -0.1) is 0 Å². The molecule has 2 N–H and O–H groups in total. The molecule has 1 fully saturated rings. The number of aryl methyl sites for hydroxylation is 3. The van der Waals surface area contributed by atoms with E-state index in [1.54, 1.807) is 0 Å². The Morgan fingerprint density at radius 2 is 2.17 bits per heavy atom. The first-order valence-electron chi connectivity index (χ1n) is 8.63. The van der Waals surface area contributed by atoms with E-state index in [-0.39, 0.29) is 24.3 Å². The van der Waals surface area contributed by atoms with Gasteiger partial charge in [-0.3, -0.25) is 19.2 Å². The molecule has 1 aliphatic rings. The largest absolute Gasteiger partial charge is 0.369 e. The molecule has 1 aliphatic heterocycles. The van der Waals surface area contributed by atoms with Crippen molar-refractivity contribution in [2.75, 3.05) is 33.2 Å². The molecule has 0 radical (unpaired) electrons. The maximum Gasteiger partial charge on any atom is 0.231 e. The van der Waals surface area contributed by atoms with E-state index in [4.69, 9.17) is 5.73 Å². The van der Waals surface area contributed by atoms with Crippen LogP contribution in [0.4, 0.5) is 0 Å². The van der Waals surface area contributed by atoms with Gasteiger partial charge in [0.05, 0.1) is 18.2 Å². The fraction of sp³-hybridized carbons (Fsp3) is 0.706. The number of rotatable bonds is 7. The summed E-state index contributed by atoms with van der Waals surface area (Å²) in [5.74, 6) is -0.198. The van der Waals surface area contributed by atoms with Crippen LogP contribution in [-0.4, -0.2) is 64.6 Å². The fourth-order valence-corrected chi connectivity index (χ4v) is 3.40. The third kappa shape index (κ3) is 5.06. The number of hydrogen-bond acceptors (Lipinski definition) is 4. The average molecular weight is 335 g/mol. The molecule has 1 aromatic heterocycles. The Bertz CT molecular complexity index is 584. The van der Waals surface area contributed by atoms with Crippen molar-refractivity contribution in [2.45, 2.75) is 39.7 Å². The van der Waals surface area contributed by atoms with Crippen LogP contribution in [0.25, 0.3) is 0 Å². The lowest BCUT2D eigenvalue weighted by molar-refractivity contribution is -0.136. The van der Waals surface area contributed by atoms with Gasteiger partial charge in [0, 0.05) is 32.4 Å². The normalized spacial score (nSPS) is 18.5. The Morgan fingerprint density at radius 1 is 1.42 bits per heavy atom. The van der Waals surface area contributed by atoms with Crippen LogP contribution in [-0.2, 0) is 16.1 Å². The topological polar surface area (TPSA) is 84.5 Å². The minimum Gasteiger partial charge on any atom is -0.369 e. The predicted octanol–water partition coefficient (Wildman–Crippen LogP) is 0.546. The van der Waals surface area contributed by atoms with E-state index in [2.05, 4.69) is 11.2 Å². The summed E-state index contributed by atoms with van der Waals surface area (Å²) in [5, 5.41) is 4.44. The summed E-state index contributed by atoms with van der Waals surface area (Å²) in [6.07, 6.45) is 2.70. The minimum atomic E-state index is -0.332. The molecule has 0 aliphatic carbocycles. The van der Waals surface area contributed by atoms with Gasteiger partial charge in [0.15, 0.2) is 0 Å². The Hall–Kier alpha value is -1.89. The fourth-order valence-electron chi connectivity index (χ4n) is 3.40. The van der Waals surface area contributed by atoms with E-state index in [9.17, 15) is 9.59 Å². The highest BCUT2D eigenvalue weighted by Gasteiger charge is 2.28. The van der Waals surface area contributed by atoms with Gasteiger partial charge in [0.1, 0.15) is 0 Å². The highest BCUT2D eigenvalue weighted by Crippen LogP contribution is 2.18. The Balaban J connectivity index is 1.78. The molecule has 2 amide bonds. The molecule has 2 rings (SSSR count). The number of hydrogen-bond donors (Lipinski definition) is 1. The van der Waals surface area contributed by atoms with Gasteiger partial charge < -0.3 is 10.6 Å². The molecule has 1 atom stereocenters. The summed E-state index contributed by atoms with van der Waals surface area (Å²) in [6.45, 7) is 7.27. The van der Waals surface area contributed by atoms with Crippen molar-refractivity contribution in [3.8, 4) is 0 Å². The van der Waals surface area contributed by atoms with Crippen LogP contribution in [0.5, 0.6) is 0 Å². The van der Waals surface area contributed by atoms with Crippen LogP contribution >= 0.6 is 0 Å². The third-order valence-electron chi connectivity index (χ3n) is 4.58. The van der Waals surface area contributed by atoms with Crippen molar-refractivity contribution in [1.29, 1.82) is 0 Å². The van der Waals surface area contributed by atoms with Crippen molar-refractivity contribution < 1.29 is 9.59 Å². The second kappa shape index (κ2) is 8.28. The lowest BCUT2D eigenvalue weighted by atomic mass is 9.96. The summed E-state index contributed by atoms with van der Waals surface area (Å²) in [7, 11) is 1.86. The number of piperidine rings is 1. The number of likely N-dealkylation sites (tertiary alicyclic amines) is 1. The Labute approximate surface area is 143 Å². The molecule has 134 valence electrons. The van der Waals surface area contributed by atoms with E-state index >= 15 is 0 Å². The molecule has 7 heteroatoms. The second-order valence-corrected chi connectivity index (χ2v) is 6.80. The minimum absolute atomic E-state index is 0.0308. The lowest BCUT2D eigenvalue weighted by Gasteiger charge is -2.33. The van der Waals surface area contributed by atoms with Crippen LogP contribution < -0.4 is 5.73 Å². The van der Waals surface area contributed by atoms with Gasteiger partial charge >= 0.3 is 0 Å². The second-order valence-electron chi connectivity index (χ2n) is 6.80. The lowest BCUT2D eigenvalue weighted by Crippen LogP contribution is -2.46. The van der Waals surface area contributed by atoms with Crippen LogP contribution in [0.15, 0.2) is 6.07 Å². The van der Waals surface area contributed by atoms with Crippen molar-refractivity contribution in [1.82, 2.24) is 19.6 Å². The number of primary amides is 1. The van der Waals surface area contributed by atoms with Gasteiger partial charge in [-0.1, -0.05) is 0 Å². The SMILES string of the molecule is Cc1cc(C)n(CCCN(C)C(=O)[C@@H]2CCCN(CC(N)=O)C2)n1. The number of nitrogens with two attached hydrogens (primary N) is 1. The van der Waals surface area contributed by atoms with Crippen LogP contribution in [0.1, 0.15) is 30.7 Å². The van der Waals surface area contributed by atoms with Crippen molar-refractivity contribution >= 4 is 11.8 Å². The zero-order valence-corrected chi connectivity index (χ0v) is 15.0. The zero-order valence-electron chi connectivity index (χ0n) is 15.0. The average Bonchev–Trinajstić information content (AvgIpc) is 2.84. The van der Waals surface area contributed by atoms with Crippen LogP contribution in [0.2, 0.25) is 0 Å².